The predicted molar refractivity (Wildman–Crippen MR) is 127 cm³/mol. The van der Waals surface area contributed by atoms with Gasteiger partial charge in [0.25, 0.3) is 0 Å². The van der Waals surface area contributed by atoms with Gasteiger partial charge in [0.15, 0.2) is 0 Å². The fourth-order valence-corrected chi connectivity index (χ4v) is 3.56. The maximum absolute atomic E-state index is 12.1. The number of aromatic nitrogens is 2. The van der Waals surface area contributed by atoms with E-state index in [1.807, 2.05) is 73.7 Å². The maximum Gasteiger partial charge on any atom is 0.353 e. The number of nitrogens with zero attached hydrogens (tertiary/aromatic N) is 3. The van der Waals surface area contributed by atoms with Crippen molar-refractivity contribution in [2.45, 2.75) is 13.0 Å². The zero-order valence-corrected chi connectivity index (χ0v) is 18.0. The Morgan fingerprint density at radius 1 is 0.906 bits per heavy atom. The molecule has 7 nitrogen and oxygen atoms in total. The second-order valence-electron chi connectivity index (χ2n) is 7.16. The van der Waals surface area contributed by atoms with Crippen molar-refractivity contribution in [1.29, 1.82) is 0 Å². The van der Waals surface area contributed by atoms with Crippen LogP contribution in [0.3, 0.4) is 0 Å². The fourth-order valence-electron chi connectivity index (χ4n) is 3.39. The third-order valence-corrected chi connectivity index (χ3v) is 5.24. The molecule has 0 unspecified atom stereocenters. The van der Waals surface area contributed by atoms with Crippen molar-refractivity contribution < 1.29 is 4.92 Å². The predicted octanol–water partition coefficient (Wildman–Crippen LogP) is 6.29. The van der Waals surface area contributed by atoms with E-state index in [4.69, 9.17) is 11.6 Å². The van der Waals surface area contributed by atoms with Gasteiger partial charge >= 0.3 is 5.69 Å². The van der Waals surface area contributed by atoms with E-state index < -0.39 is 4.92 Å². The number of halogens is 1. The molecule has 0 aliphatic heterocycles. The number of aryl methyl sites for hydroxylation is 1. The van der Waals surface area contributed by atoms with Gasteiger partial charge in [-0.3, -0.25) is 10.1 Å². The molecule has 4 rings (SSSR count). The largest absolute Gasteiger partial charge is 0.353 e. The van der Waals surface area contributed by atoms with Crippen LogP contribution in [0.25, 0.3) is 0 Å². The minimum Gasteiger partial charge on any atom is -0.353 e. The first-order valence-corrected chi connectivity index (χ1v) is 10.3. The molecule has 32 heavy (non-hydrogen) atoms. The first kappa shape index (κ1) is 21.3. The molecule has 0 fully saturated rings. The molecular formula is C24H20ClN5O2. The highest BCUT2D eigenvalue weighted by Crippen LogP contribution is 2.36. The van der Waals surface area contributed by atoms with E-state index in [0.717, 1.165) is 16.7 Å². The molecule has 2 N–H and O–H groups in total. The van der Waals surface area contributed by atoms with Gasteiger partial charge in [0.05, 0.1) is 11.0 Å². The van der Waals surface area contributed by atoms with Gasteiger partial charge in [0.2, 0.25) is 11.6 Å². The summed E-state index contributed by atoms with van der Waals surface area (Å²) in [5.74, 6) is 0.197. The molecule has 3 aromatic carbocycles. The Balaban J connectivity index is 1.76. The van der Waals surface area contributed by atoms with Crippen molar-refractivity contribution in [1.82, 2.24) is 9.97 Å². The lowest BCUT2D eigenvalue weighted by molar-refractivity contribution is -0.383. The first-order valence-electron chi connectivity index (χ1n) is 9.92. The molecule has 160 valence electrons. The van der Waals surface area contributed by atoms with E-state index in [1.165, 1.54) is 6.33 Å². The molecule has 0 spiro atoms. The van der Waals surface area contributed by atoms with E-state index in [0.29, 0.717) is 10.7 Å². The number of anilines is 3. The van der Waals surface area contributed by atoms with Crippen LogP contribution < -0.4 is 10.6 Å². The summed E-state index contributed by atoms with van der Waals surface area (Å²) in [5, 5.41) is 18.9. The highest BCUT2D eigenvalue weighted by atomic mass is 35.5. The Hall–Kier alpha value is -3.97. The fraction of sp³-hybridized carbons (Fsp3) is 0.0833. The molecule has 0 atom stereocenters. The average Bonchev–Trinajstić information content (AvgIpc) is 2.81. The molecule has 0 amide bonds. The van der Waals surface area contributed by atoms with E-state index in [9.17, 15) is 10.1 Å². The van der Waals surface area contributed by atoms with Gasteiger partial charge in [-0.2, -0.15) is 0 Å². The van der Waals surface area contributed by atoms with E-state index >= 15 is 0 Å². The summed E-state index contributed by atoms with van der Waals surface area (Å²) in [6, 6.07) is 24.4. The van der Waals surface area contributed by atoms with Gasteiger partial charge in [-0.25, -0.2) is 9.97 Å². The van der Waals surface area contributed by atoms with Crippen molar-refractivity contribution in [2.75, 3.05) is 10.6 Å². The standard InChI is InChI=1S/C24H20ClN5O2/c1-16-12-13-19(25)14-20(16)28-23-22(30(31)32)24(27-15-26-23)29-21(17-8-4-2-5-9-17)18-10-6-3-7-11-18/h2-15,21H,1H3,(H2,26,27,28,29). The summed E-state index contributed by atoms with van der Waals surface area (Å²) in [6.45, 7) is 1.88. The Kier molecular flexibility index (Phi) is 6.28. The smallest absolute Gasteiger partial charge is 0.353 e. The molecule has 1 aromatic heterocycles. The SMILES string of the molecule is Cc1ccc(Cl)cc1Nc1ncnc(NC(c2ccccc2)c2ccccc2)c1[N+](=O)[O-]. The lowest BCUT2D eigenvalue weighted by atomic mass is 9.99. The van der Waals surface area contributed by atoms with Gasteiger partial charge in [0, 0.05) is 10.7 Å². The Bertz CT molecular complexity index is 1200. The van der Waals surface area contributed by atoms with E-state index in [-0.39, 0.29) is 23.4 Å². The molecule has 0 aliphatic rings. The van der Waals surface area contributed by atoms with Crippen LogP contribution in [-0.2, 0) is 0 Å². The minimum atomic E-state index is -0.488. The summed E-state index contributed by atoms with van der Waals surface area (Å²) in [5.41, 5.74) is 3.17. The Morgan fingerprint density at radius 3 is 2.09 bits per heavy atom. The number of nitrogens with one attached hydrogen (secondary N) is 2. The van der Waals surface area contributed by atoms with Gasteiger partial charge < -0.3 is 10.6 Å². The van der Waals surface area contributed by atoms with Crippen molar-refractivity contribution >= 4 is 34.6 Å². The summed E-state index contributed by atoms with van der Waals surface area (Å²) in [6.07, 6.45) is 1.30. The van der Waals surface area contributed by atoms with Gasteiger partial charge in [-0.15, -0.1) is 0 Å². The zero-order chi connectivity index (χ0) is 22.5. The molecule has 8 heteroatoms. The lowest BCUT2D eigenvalue weighted by Crippen LogP contribution is -2.15. The van der Waals surface area contributed by atoms with Crippen LogP contribution in [0.4, 0.5) is 23.0 Å². The van der Waals surface area contributed by atoms with E-state index in [2.05, 4.69) is 20.6 Å². The summed E-state index contributed by atoms with van der Waals surface area (Å²) < 4.78 is 0. The molecule has 0 aliphatic carbocycles. The highest BCUT2D eigenvalue weighted by molar-refractivity contribution is 6.30. The number of benzene rings is 3. The van der Waals surface area contributed by atoms with Gasteiger partial charge in [-0.05, 0) is 35.7 Å². The highest BCUT2D eigenvalue weighted by Gasteiger charge is 2.26. The molecule has 0 bridgehead atoms. The first-order chi connectivity index (χ1) is 15.5. The van der Waals surface area contributed by atoms with Crippen LogP contribution >= 0.6 is 11.6 Å². The Labute approximate surface area is 190 Å². The molecule has 0 saturated heterocycles. The third-order valence-electron chi connectivity index (χ3n) is 5.00. The molecule has 4 aromatic rings. The van der Waals surface area contributed by atoms with Gasteiger partial charge in [-0.1, -0.05) is 78.3 Å². The third kappa shape index (κ3) is 4.68. The number of rotatable bonds is 7. The minimum absolute atomic E-state index is 0.0812. The van der Waals surface area contributed by atoms with Crippen molar-refractivity contribution in [2.24, 2.45) is 0 Å². The summed E-state index contributed by atoms with van der Waals surface area (Å²) in [7, 11) is 0. The van der Waals surface area contributed by atoms with Crippen molar-refractivity contribution in [3.05, 3.63) is 117 Å². The lowest BCUT2D eigenvalue weighted by Gasteiger charge is -2.21. The van der Waals surface area contributed by atoms with Crippen LogP contribution in [0, 0.1) is 17.0 Å². The molecular weight excluding hydrogens is 426 g/mol. The number of nitro groups is 1. The maximum atomic E-state index is 12.1. The quantitative estimate of drug-likeness (QED) is 0.256. The van der Waals surface area contributed by atoms with Gasteiger partial charge in [0.1, 0.15) is 6.33 Å². The molecule has 0 saturated carbocycles. The topological polar surface area (TPSA) is 93.0 Å². The van der Waals surface area contributed by atoms with Crippen LogP contribution in [0.15, 0.2) is 85.2 Å². The normalized spacial score (nSPS) is 10.7. The molecule has 0 radical (unpaired) electrons. The van der Waals surface area contributed by atoms with Crippen molar-refractivity contribution in [3.63, 3.8) is 0 Å². The van der Waals surface area contributed by atoms with Crippen LogP contribution in [-0.4, -0.2) is 14.9 Å². The summed E-state index contributed by atoms with van der Waals surface area (Å²) >= 11 is 6.10. The number of hydrogen-bond acceptors (Lipinski definition) is 6. The second-order valence-corrected chi connectivity index (χ2v) is 7.60. The van der Waals surface area contributed by atoms with Crippen molar-refractivity contribution in [3.8, 4) is 0 Å². The zero-order valence-electron chi connectivity index (χ0n) is 17.2. The van der Waals surface area contributed by atoms with Crippen LogP contribution in [0.5, 0.6) is 0 Å². The average molecular weight is 446 g/mol. The molecule has 1 heterocycles. The second kappa shape index (κ2) is 9.45. The Morgan fingerprint density at radius 2 is 1.50 bits per heavy atom. The van der Waals surface area contributed by atoms with Crippen LogP contribution in [0.1, 0.15) is 22.7 Å². The summed E-state index contributed by atoms with van der Waals surface area (Å²) in [4.78, 5) is 19.9. The van der Waals surface area contributed by atoms with E-state index in [1.54, 1.807) is 12.1 Å². The number of hydrogen-bond donors (Lipinski definition) is 2. The monoisotopic (exact) mass is 445 g/mol. The van der Waals surface area contributed by atoms with Crippen LogP contribution in [0.2, 0.25) is 5.02 Å².